The first-order valence-electron chi connectivity index (χ1n) is 8.77. The summed E-state index contributed by atoms with van der Waals surface area (Å²) in [5, 5.41) is 0. The monoisotopic (exact) mass is 474 g/mol. The van der Waals surface area contributed by atoms with E-state index in [0.717, 1.165) is 0 Å². The fourth-order valence-electron chi connectivity index (χ4n) is 2.74. The van der Waals surface area contributed by atoms with Crippen molar-refractivity contribution in [2.75, 3.05) is 0 Å². The molecule has 0 heterocycles. The van der Waals surface area contributed by atoms with Gasteiger partial charge >= 0.3 is 29.5 Å². The number of hydrogen-bond acceptors (Lipinski definition) is 3. The molecule has 0 N–H and O–H groups in total. The maximum absolute atomic E-state index is 12.8. The summed E-state index contributed by atoms with van der Waals surface area (Å²) >= 11 is 0. The van der Waals surface area contributed by atoms with Crippen molar-refractivity contribution in [3.05, 3.63) is 0 Å². The average molecular weight is 475 g/mol. The first-order valence-corrected chi connectivity index (χ1v) is 20.6. The average Bonchev–Trinajstić information content (AvgIpc) is 2.27. The van der Waals surface area contributed by atoms with Gasteiger partial charge in [0.05, 0.1) is 0 Å². The first kappa shape index (κ1) is 27.3. The van der Waals surface area contributed by atoms with Gasteiger partial charge in [-0.1, -0.05) is 0 Å². The highest BCUT2D eigenvalue weighted by atomic mass is 28.5. The summed E-state index contributed by atoms with van der Waals surface area (Å²) in [7, 11) is -11.3. The molecule has 13 heteroatoms. The number of halogens is 6. The summed E-state index contributed by atoms with van der Waals surface area (Å²) in [5.41, 5.74) is 0. The summed E-state index contributed by atoms with van der Waals surface area (Å²) < 4.78 is 94.8. The van der Waals surface area contributed by atoms with Gasteiger partial charge in [0, 0.05) is 12.8 Å². The van der Waals surface area contributed by atoms with Crippen LogP contribution in [0.3, 0.4) is 0 Å². The fraction of sp³-hybridized carbons (Fsp3) is 1.00. The summed E-state index contributed by atoms with van der Waals surface area (Å²) in [6, 6.07) is -0.713. The molecular weight excluding hydrogens is 442 g/mol. The van der Waals surface area contributed by atoms with Crippen LogP contribution >= 0.6 is 0 Å². The van der Waals surface area contributed by atoms with E-state index in [1.54, 1.807) is 0 Å². The predicted molar refractivity (Wildman–Crippen MR) is 104 cm³/mol. The molecule has 0 saturated heterocycles. The molecule has 0 aliphatic heterocycles. The minimum absolute atomic E-state index is 0.357. The molecule has 0 aliphatic rings. The third-order valence-corrected chi connectivity index (χ3v) is 17.3. The Morgan fingerprint density at radius 3 is 0.963 bits per heavy atom. The third-order valence-electron chi connectivity index (χ3n) is 3.20. The van der Waals surface area contributed by atoms with Crippen LogP contribution < -0.4 is 0 Å². The van der Waals surface area contributed by atoms with E-state index in [2.05, 4.69) is 0 Å². The van der Waals surface area contributed by atoms with Gasteiger partial charge in [0.25, 0.3) is 0 Å². The van der Waals surface area contributed by atoms with Crippen LogP contribution in [0.5, 0.6) is 0 Å². The summed E-state index contributed by atoms with van der Waals surface area (Å²) in [6.45, 7) is 14.0. The molecule has 0 aromatic rings. The van der Waals surface area contributed by atoms with Crippen molar-refractivity contribution in [1.82, 2.24) is 0 Å². The summed E-state index contributed by atoms with van der Waals surface area (Å²) in [5.74, 6) is 0. The van der Waals surface area contributed by atoms with Crippen molar-refractivity contribution < 1.29 is 38.7 Å². The molecule has 0 bridgehead atoms. The fourth-order valence-corrected chi connectivity index (χ4v) is 20.9. The number of alkyl halides is 6. The molecule has 3 nitrogen and oxygen atoms in total. The molecule has 0 rings (SSSR count). The van der Waals surface area contributed by atoms with Crippen molar-refractivity contribution in [2.45, 2.75) is 89.7 Å². The Morgan fingerprint density at radius 2 is 0.778 bits per heavy atom. The third kappa shape index (κ3) is 14.9. The Bertz CT molecular complexity index is 433. The normalized spacial score (nSPS) is 18.9. The second-order valence-electron chi connectivity index (χ2n) is 9.03. The lowest BCUT2D eigenvalue weighted by Gasteiger charge is -2.43. The molecule has 0 aromatic carbocycles. The van der Waals surface area contributed by atoms with Gasteiger partial charge in [0.1, 0.15) is 0 Å². The molecule has 0 fully saturated rings. The molecule has 0 radical (unpaired) electrons. The quantitative estimate of drug-likeness (QED) is 0.259. The SMILES string of the molecule is C[Si](C)(C)O[Si](C)(CCC(F)(F)F)O[Si](C)(CCC(F)(F)F)O[Si](C)(C)C. The first-order chi connectivity index (χ1) is 11.5. The lowest BCUT2D eigenvalue weighted by atomic mass is 10.5. The molecule has 0 spiro atoms. The molecule has 2 atom stereocenters. The topological polar surface area (TPSA) is 27.7 Å². The molecular formula is C14H32F6O3Si4. The number of hydrogen-bond donors (Lipinski definition) is 0. The van der Waals surface area contributed by atoms with E-state index in [0.29, 0.717) is 0 Å². The molecule has 164 valence electrons. The van der Waals surface area contributed by atoms with Crippen LogP contribution in [0.15, 0.2) is 0 Å². The zero-order valence-electron chi connectivity index (χ0n) is 17.3. The Kier molecular flexibility index (Phi) is 9.11. The minimum Gasteiger partial charge on any atom is -0.437 e. The van der Waals surface area contributed by atoms with Crippen molar-refractivity contribution >= 4 is 33.8 Å². The predicted octanol–water partition coefficient (Wildman–Crippen LogP) is 6.75. The van der Waals surface area contributed by atoms with Crippen molar-refractivity contribution in [2.24, 2.45) is 0 Å². The summed E-state index contributed by atoms with van der Waals surface area (Å²) in [6.07, 6.45) is -10.9. The van der Waals surface area contributed by atoms with Crippen molar-refractivity contribution in [3.8, 4) is 0 Å². The zero-order chi connectivity index (χ0) is 21.9. The van der Waals surface area contributed by atoms with Crippen LogP contribution in [0, 0.1) is 0 Å². The van der Waals surface area contributed by atoms with Gasteiger partial charge < -0.3 is 12.3 Å². The second kappa shape index (κ2) is 9.00. The lowest BCUT2D eigenvalue weighted by molar-refractivity contribution is -0.131. The highest BCUT2D eigenvalue weighted by molar-refractivity contribution is 6.89. The standard InChI is InChI=1S/C14H32F6O3Si4/c1-24(2,3)21-26(7,11-9-13(15,16)17)23-27(8,22-25(4,5)6)12-10-14(18,19)20/h9-12H2,1-8H3. The van der Waals surface area contributed by atoms with Crippen LogP contribution in [0.2, 0.25) is 64.5 Å². The van der Waals surface area contributed by atoms with E-state index in [1.165, 1.54) is 13.1 Å². The van der Waals surface area contributed by atoms with Gasteiger partial charge in [-0.25, -0.2) is 0 Å². The van der Waals surface area contributed by atoms with Crippen LogP contribution in [-0.2, 0) is 12.3 Å². The summed E-state index contributed by atoms with van der Waals surface area (Å²) in [4.78, 5) is 0. The van der Waals surface area contributed by atoms with E-state index in [9.17, 15) is 26.3 Å². The molecule has 2 unspecified atom stereocenters. The number of rotatable bonds is 10. The lowest BCUT2D eigenvalue weighted by Crippen LogP contribution is -2.58. The maximum atomic E-state index is 12.8. The van der Waals surface area contributed by atoms with Gasteiger partial charge in [-0.3, -0.25) is 0 Å². The van der Waals surface area contributed by atoms with Gasteiger partial charge in [0.15, 0.2) is 16.6 Å². The molecule has 0 aromatic heterocycles. The van der Waals surface area contributed by atoms with E-state index in [4.69, 9.17) is 12.3 Å². The molecule has 0 aliphatic carbocycles. The van der Waals surface area contributed by atoms with Crippen LogP contribution in [0.25, 0.3) is 0 Å². The van der Waals surface area contributed by atoms with Crippen LogP contribution in [0.1, 0.15) is 12.8 Å². The van der Waals surface area contributed by atoms with Crippen molar-refractivity contribution in [1.29, 1.82) is 0 Å². The largest absolute Gasteiger partial charge is 0.437 e. The molecule has 27 heavy (non-hydrogen) atoms. The van der Waals surface area contributed by atoms with E-state index >= 15 is 0 Å². The van der Waals surface area contributed by atoms with E-state index < -0.39 is 59.0 Å². The Balaban J connectivity index is 5.66. The van der Waals surface area contributed by atoms with Gasteiger partial charge in [0.2, 0.25) is 0 Å². The van der Waals surface area contributed by atoms with Gasteiger partial charge in [-0.15, -0.1) is 0 Å². The molecule has 0 amide bonds. The second-order valence-corrected chi connectivity index (χ2v) is 25.5. The van der Waals surface area contributed by atoms with E-state index in [1.807, 2.05) is 39.3 Å². The maximum Gasteiger partial charge on any atom is 0.389 e. The van der Waals surface area contributed by atoms with E-state index in [-0.39, 0.29) is 12.1 Å². The van der Waals surface area contributed by atoms with Crippen LogP contribution in [0.4, 0.5) is 26.3 Å². The van der Waals surface area contributed by atoms with Crippen molar-refractivity contribution in [3.63, 3.8) is 0 Å². The minimum atomic E-state index is -4.38. The highest BCUT2D eigenvalue weighted by Gasteiger charge is 2.49. The van der Waals surface area contributed by atoms with Crippen LogP contribution in [-0.4, -0.2) is 46.1 Å². The Hall–Kier alpha value is 0.328. The highest BCUT2D eigenvalue weighted by Crippen LogP contribution is 2.35. The molecule has 0 saturated carbocycles. The van der Waals surface area contributed by atoms with Gasteiger partial charge in [-0.05, 0) is 64.5 Å². The van der Waals surface area contributed by atoms with Gasteiger partial charge in [-0.2, -0.15) is 26.3 Å². The Labute approximate surface area is 162 Å². The smallest absolute Gasteiger partial charge is 0.389 e. The zero-order valence-corrected chi connectivity index (χ0v) is 21.3. The Morgan fingerprint density at radius 1 is 0.519 bits per heavy atom.